The summed E-state index contributed by atoms with van der Waals surface area (Å²) in [5.74, 6) is -2.05. The fourth-order valence-corrected chi connectivity index (χ4v) is 2.50. The molecule has 0 radical (unpaired) electrons. The Kier molecular flexibility index (Phi) is 7.47. The van der Waals surface area contributed by atoms with E-state index in [-0.39, 0.29) is 29.5 Å². The van der Waals surface area contributed by atoms with Crippen molar-refractivity contribution in [3.05, 3.63) is 65.7 Å². The molecule has 1 N–H and O–H groups in total. The van der Waals surface area contributed by atoms with Crippen molar-refractivity contribution in [2.45, 2.75) is 0 Å². The van der Waals surface area contributed by atoms with Crippen LogP contribution in [0.5, 0.6) is 0 Å². The van der Waals surface area contributed by atoms with Gasteiger partial charge >= 0.3 is 5.97 Å². The number of carbonyl (C=O) groups excluding carboxylic acids is 4. The summed E-state index contributed by atoms with van der Waals surface area (Å²) in [6, 6.07) is 15.2. The first-order valence-corrected chi connectivity index (χ1v) is 8.89. The summed E-state index contributed by atoms with van der Waals surface area (Å²) in [4.78, 5) is 51.3. The molecule has 2 aromatic carbocycles. The Morgan fingerprint density at radius 2 is 1.48 bits per heavy atom. The molecule has 0 aliphatic carbocycles. The summed E-state index contributed by atoms with van der Waals surface area (Å²) in [5.41, 5.74) is 0.892. The van der Waals surface area contributed by atoms with Gasteiger partial charge in [-0.3, -0.25) is 14.4 Å². The fraction of sp³-hybridized carbons (Fsp3) is 0.238. The van der Waals surface area contributed by atoms with Crippen molar-refractivity contribution in [1.82, 2.24) is 10.2 Å². The van der Waals surface area contributed by atoms with E-state index in [1.54, 1.807) is 43.4 Å². The van der Waals surface area contributed by atoms with E-state index >= 15 is 0 Å². The maximum atomic E-state index is 12.9. The summed E-state index contributed by atoms with van der Waals surface area (Å²) in [5, 5.41) is 2.40. The van der Waals surface area contributed by atoms with Gasteiger partial charge < -0.3 is 19.9 Å². The number of nitrogens with zero attached hydrogens (tertiary/aromatic N) is 2. The van der Waals surface area contributed by atoms with Crippen LogP contribution >= 0.6 is 0 Å². The summed E-state index contributed by atoms with van der Waals surface area (Å²) in [6.07, 6.45) is 0. The standard InChI is InChI=1S/C21H23N3O5/c1-22-18(25)13-23(2)19(26)14-29-21(28)17-12-8-7-11-16(17)20(27)24(3)15-9-5-4-6-10-15/h4-12H,13-14H2,1-3H3,(H,22,25). The number of amides is 3. The van der Waals surface area contributed by atoms with Crippen LogP contribution in [-0.2, 0) is 14.3 Å². The predicted molar refractivity (Wildman–Crippen MR) is 108 cm³/mol. The second kappa shape index (κ2) is 10.0. The number of esters is 1. The van der Waals surface area contributed by atoms with E-state index in [2.05, 4.69) is 5.32 Å². The molecule has 0 saturated heterocycles. The third-order valence-corrected chi connectivity index (χ3v) is 4.24. The van der Waals surface area contributed by atoms with Crippen molar-refractivity contribution >= 4 is 29.4 Å². The highest BCUT2D eigenvalue weighted by Gasteiger charge is 2.22. The van der Waals surface area contributed by atoms with Gasteiger partial charge in [-0.15, -0.1) is 0 Å². The van der Waals surface area contributed by atoms with Crippen molar-refractivity contribution in [3.63, 3.8) is 0 Å². The van der Waals surface area contributed by atoms with Crippen LogP contribution in [0.15, 0.2) is 54.6 Å². The molecule has 0 heterocycles. The summed E-state index contributed by atoms with van der Waals surface area (Å²) >= 11 is 0. The third kappa shape index (κ3) is 5.65. The lowest BCUT2D eigenvalue weighted by Crippen LogP contribution is -2.39. The van der Waals surface area contributed by atoms with Gasteiger partial charge in [0.05, 0.1) is 17.7 Å². The molecule has 29 heavy (non-hydrogen) atoms. The number of rotatable bonds is 7. The molecular formula is C21H23N3O5. The number of para-hydroxylation sites is 1. The zero-order valence-electron chi connectivity index (χ0n) is 16.5. The fourth-order valence-electron chi connectivity index (χ4n) is 2.50. The van der Waals surface area contributed by atoms with Crippen LogP contribution in [0.3, 0.4) is 0 Å². The van der Waals surface area contributed by atoms with E-state index in [0.29, 0.717) is 5.69 Å². The lowest BCUT2D eigenvalue weighted by atomic mass is 10.1. The van der Waals surface area contributed by atoms with Crippen molar-refractivity contribution in [1.29, 1.82) is 0 Å². The lowest BCUT2D eigenvalue weighted by molar-refractivity contribution is -0.137. The number of nitrogens with one attached hydrogen (secondary N) is 1. The van der Waals surface area contributed by atoms with E-state index < -0.39 is 18.5 Å². The van der Waals surface area contributed by atoms with Gasteiger partial charge in [0.15, 0.2) is 6.61 Å². The number of hydrogen-bond donors (Lipinski definition) is 1. The lowest BCUT2D eigenvalue weighted by Gasteiger charge is -2.19. The van der Waals surface area contributed by atoms with Crippen LogP contribution in [-0.4, -0.2) is 62.9 Å². The number of anilines is 1. The Bertz CT molecular complexity index is 898. The summed E-state index contributed by atoms with van der Waals surface area (Å²) in [6.45, 7) is -0.687. The van der Waals surface area contributed by atoms with Crippen LogP contribution in [0.2, 0.25) is 0 Å². The highest BCUT2D eigenvalue weighted by atomic mass is 16.5. The summed E-state index contributed by atoms with van der Waals surface area (Å²) < 4.78 is 5.07. The largest absolute Gasteiger partial charge is 0.452 e. The topological polar surface area (TPSA) is 96.0 Å². The minimum absolute atomic E-state index is 0.0574. The van der Waals surface area contributed by atoms with Crippen LogP contribution in [0, 0.1) is 0 Å². The highest BCUT2D eigenvalue weighted by molar-refractivity contribution is 6.12. The molecule has 8 heteroatoms. The molecule has 0 atom stereocenters. The van der Waals surface area contributed by atoms with Crippen molar-refractivity contribution < 1.29 is 23.9 Å². The molecule has 0 fully saturated rings. The normalized spacial score (nSPS) is 10.0. The van der Waals surface area contributed by atoms with E-state index in [1.165, 1.54) is 31.1 Å². The van der Waals surface area contributed by atoms with E-state index in [1.807, 2.05) is 6.07 Å². The quantitative estimate of drug-likeness (QED) is 0.711. The van der Waals surface area contributed by atoms with E-state index in [4.69, 9.17) is 4.74 Å². The molecule has 0 saturated carbocycles. The summed E-state index contributed by atoms with van der Waals surface area (Å²) in [7, 11) is 4.50. The number of hydrogen-bond acceptors (Lipinski definition) is 5. The maximum Gasteiger partial charge on any atom is 0.339 e. The molecule has 0 aliphatic rings. The molecular weight excluding hydrogens is 374 g/mol. The van der Waals surface area contributed by atoms with Crippen LogP contribution in [0.1, 0.15) is 20.7 Å². The number of likely N-dealkylation sites (N-methyl/N-ethyl adjacent to an activating group) is 2. The van der Waals surface area contributed by atoms with Crippen LogP contribution in [0.25, 0.3) is 0 Å². The highest BCUT2D eigenvalue weighted by Crippen LogP contribution is 2.18. The Labute approximate surface area is 169 Å². The molecule has 2 aromatic rings. The molecule has 0 bridgehead atoms. The Morgan fingerprint density at radius 1 is 0.897 bits per heavy atom. The predicted octanol–water partition coefficient (Wildman–Crippen LogP) is 1.32. The van der Waals surface area contributed by atoms with Gasteiger partial charge in [0.1, 0.15) is 0 Å². The van der Waals surface area contributed by atoms with Gasteiger partial charge in [-0.2, -0.15) is 0 Å². The van der Waals surface area contributed by atoms with E-state index in [9.17, 15) is 19.2 Å². The van der Waals surface area contributed by atoms with Gasteiger partial charge in [-0.05, 0) is 24.3 Å². The SMILES string of the molecule is CNC(=O)CN(C)C(=O)COC(=O)c1ccccc1C(=O)N(C)c1ccccc1. The van der Waals surface area contributed by atoms with Crippen molar-refractivity contribution in [3.8, 4) is 0 Å². The molecule has 0 aromatic heterocycles. The number of carbonyl (C=O) groups is 4. The first-order chi connectivity index (χ1) is 13.8. The van der Waals surface area contributed by atoms with Gasteiger partial charge in [0.25, 0.3) is 11.8 Å². The van der Waals surface area contributed by atoms with Crippen molar-refractivity contribution in [2.75, 3.05) is 39.2 Å². The van der Waals surface area contributed by atoms with E-state index in [0.717, 1.165) is 4.90 Å². The third-order valence-electron chi connectivity index (χ3n) is 4.24. The smallest absolute Gasteiger partial charge is 0.339 e. The molecule has 0 aliphatic heterocycles. The second-order valence-electron chi connectivity index (χ2n) is 6.24. The van der Waals surface area contributed by atoms with Gasteiger partial charge in [-0.1, -0.05) is 30.3 Å². The Morgan fingerprint density at radius 3 is 2.10 bits per heavy atom. The van der Waals surface area contributed by atoms with Crippen molar-refractivity contribution in [2.24, 2.45) is 0 Å². The van der Waals surface area contributed by atoms with Crippen LogP contribution < -0.4 is 10.2 Å². The minimum atomic E-state index is -0.794. The Balaban J connectivity index is 2.09. The zero-order valence-corrected chi connectivity index (χ0v) is 16.5. The second-order valence-corrected chi connectivity index (χ2v) is 6.24. The molecule has 0 unspecified atom stereocenters. The first-order valence-electron chi connectivity index (χ1n) is 8.89. The minimum Gasteiger partial charge on any atom is -0.452 e. The van der Waals surface area contributed by atoms with Gasteiger partial charge in [0.2, 0.25) is 5.91 Å². The molecule has 3 amide bonds. The number of ether oxygens (including phenoxy) is 1. The monoisotopic (exact) mass is 397 g/mol. The average molecular weight is 397 g/mol. The Hall–Kier alpha value is -3.68. The first kappa shape index (κ1) is 21.6. The van der Waals surface area contributed by atoms with Gasteiger partial charge in [-0.25, -0.2) is 4.79 Å². The zero-order chi connectivity index (χ0) is 21.4. The number of benzene rings is 2. The average Bonchev–Trinajstić information content (AvgIpc) is 2.76. The molecule has 2 rings (SSSR count). The van der Waals surface area contributed by atoms with Gasteiger partial charge in [0, 0.05) is 26.8 Å². The molecule has 0 spiro atoms. The van der Waals surface area contributed by atoms with Crippen LogP contribution in [0.4, 0.5) is 5.69 Å². The molecule has 8 nitrogen and oxygen atoms in total. The maximum absolute atomic E-state index is 12.9. The molecule has 152 valence electrons.